The second kappa shape index (κ2) is 10.6. The van der Waals surface area contributed by atoms with E-state index in [1.54, 1.807) is 12.1 Å². The number of rotatable bonds is 10. The number of nitrogens with one attached hydrogen (secondary N) is 1. The van der Waals surface area contributed by atoms with Crippen molar-refractivity contribution in [2.24, 2.45) is 0 Å². The SMILES string of the molecule is O[PH](O)(O)OCCNCc1ccc(-c2nnc(SCc3cccc(Cl)c3F)o2)cc1. The molecule has 0 bridgehead atoms. The number of thioether (sulfide) groups is 1. The van der Waals surface area contributed by atoms with Gasteiger partial charge in [-0.25, -0.2) is 4.39 Å². The molecule has 0 fully saturated rings. The molecule has 3 rings (SSSR count). The fourth-order valence-corrected chi connectivity index (χ4v) is 3.75. The maximum atomic E-state index is 13.9. The van der Waals surface area contributed by atoms with E-state index in [1.807, 2.05) is 24.3 Å². The fraction of sp³-hybridized carbons (Fsp3) is 0.222. The van der Waals surface area contributed by atoms with Gasteiger partial charge in [0.2, 0.25) is 0 Å². The maximum absolute atomic E-state index is 13.9. The minimum atomic E-state index is -4.45. The van der Waals surface area contributed by atoms with Crippen LogP contribution in [0.5, 0.6) is 0 Å². The molecule has 2 aromatic carbocycles. The number of hydrogen-bond donors (Lipinski definition) is 4. The van der Waals surface area contributed by atoms with Crippen molar-refractivity contribution in [3.05, 3.63) is 64.4 Å². The van der Waals surface area contributed by atoms with Crippen molar-refractivity contribution in [1.29, 1.82) is 0 Å². The van der Waals surface area contributed by atoms with Crippen LogP contribution in [0.1, 0.15) is 11.1 Å². The zero-order valence-corrected chi connectivity index (χ0v) is 18.2. The summed E-state index contributed by atoms with van der Waals surface area (Å²) < 4.78 is 24.1. The normalized spacial score (nSPS) is 12.3. The first-order valence-corrected chi connectivity index (χ1v) is 11.9. The Morgan fingerprint density at radius 2 is 1.90 bits per heavy atom. The molecule has 0 aliphatic rings. The first-order valence-electron chi connectivity index (χ1n) is 8.82. The van der Waals surface area contributed by atoms with Crippen LogP contribution in [-0.4, -0.2) is 38.0 Å². The van der Waals surface area contributed by atoms with Gasteiger partial charge in [-0.3, -0.25) is 0 Å². The Morgan fingerprint density at radius 1 is 1.13 bits per heavy atom. The molecule has 8 nitrogen and oxygen atoms in total. The average molecular weight is 476 g/mol. The van der Waals surface area contributed by atoms with Gasteiger partial charge in [0.05, 0.1) is 5.02 Å². The van der Waals surface area contributed by atoms with Crippen molar-refractivity contribution in [2.75, 3.05) is 13.2 Å². The van der Waals surface area contributed by atoms with E-state index in [2.05, 4.69) is 20.0 Å². The van der Waals surface area contributed by atoms with Gasteiger partial charge in [0, 0.05) is 5.75 Å². The van der Waals surface area contributed by atoms with Gasteiger partial charge in [-0.15, -0.1) is 0 Å². The molecule has 0 unspecified atom stereocenters. The van der Waals surface area contributed by atoms with Crippen molar-refractivity contribution < 1.29 is 28.0 Å². The minimum absolute atomic E-state index is 0.0185. The van der Waals surface area contributed by atoms with Crippen molar-refractivity contribution in [1.82, 2.24) is 15.5 Å². The predicted molar refractivity (Wildman–Crippen MR) is 113 cm³/mol. The summed E-state index contributed by atoms with van der Waals surface area (Å²) in [5.74, 6) is 0.217. The zero-order valence-electron chi connectivity index (χ0n) is 15.6. The Kier molecular flexibility index (Phi) is 8.15. The van der Waals surface area contributed by atoms with Gasteiger partial charge in [0.15, 0.2) is 0 Å². The molecule has 30 heavy (non-hydrogen) atoms. The molecule has 0 spiro atoms. The quantitative estimate of drug-likeness (QED) is 0.199. The third-order valence-corrected chi connectivity index (χ3v) is 5.64. The number of halogens is 2. The van der Waals surface area contributed by atoms with Gasteiger partial charge in [-0.2, -0.15) is 0 Å². The van der Waals surface area contributed by atoms with Crippen LogP contribution >= 0.6 is 31.5 Å². The van der Waals surface area contributed by atoms with Crippen LogP contribution in [-0.2, 0) is 16.8 Å². The molecule has 1 heterocycles. The van der Waals surface area contributed by atoms with Gasteiger partial charge in [0.1, 0.15) is 5.82 Å². The van der Waals surface area contributed by atoms with Gasteiger partial charge in [-0.1, -0.05) is 35.5 Å². The topological polar surface area (TPSA) is 121 Å². The Labute approximate surface area is 181 Å². The first-order chi connectivity index (χ1) is 14.3. The number of hydrogen-bond acceptors (Lipinski definition) is 9. The molecule has 4 N–H and O–H groups in total. The van der Waals surface area contributed by atoms with Crippen LogP contribution in [0.15, 0.2) is 52.1 Å². The van der Waals surface area contributed by atoms with E-state index in [9.17, 15) is 4.39 Å². The monoisotopic (exact) mass is 475 g/mol. The van der Waals surface area contributed by atoms with E-state index in [0.717, 1.165) is 11.1 Å². The third-order valence-electron chi connectivity index (χ3n) is 3.89. The Bertz CT molecular complexity index is 971. The molecule has 0 saturated heterocycles. The molecule has 0 amide bonds. The summed E-state index contributed by atoms with van der Waals surface area (Å²) in [6, 6.07) is 12.3. The second-order valence-electron chi connectivity index (χ2n) is 6.17. The molecule has 0 saturated carbocycles. The number of benzene rings is 2. The summed E-state index contributed by atoms with van der Waals surface area (Å²) >= 11 is 7.00. The molecule has 0 radical (unpaired) electrons. The van der Waals surface area contributed by atoms with Crippen LogP contribution in [0.3, 0.4) is 0 Å². The van der Waals surface area contributed by atoms with Crippen molar-refractivity contribution in [3.63, 3.8) is 0 Å². The van der Waals surface area contributed by atoms with Crippen molar-refractivity contribution in [2.45, 2.75) is 17.5 Å². The molecule has 1 aromatic heterocycles. The van der Waals surface area contributed by atoms with Crippen LogP contribution in [0.25, 0.3) is 11.5 Å². The summed E-state index contributed by atoms with van der Waals surface area (Å²) in [5, 5.41) is 11.4. The molecular weight excluding hydrogens is 456 g/mol. The Morgan fingerprint density at radius 3 is 2.63 bits per heavy atom. The molecule has 0 atom stereocenters. The average Bonchev–Trinajstić information content (AvgIpc) is 3.17. The first kappa shape index (κ1) is 23.1. The molecule has 3 aromatic rings. The van der Waals surface area contributed by atoms with E-state index in [-0.39, 0.29) is 11.6 Å². The van der Waals surface area contributed by atoms with Crippen molar-refractivity contribution in [3.8, 4) is 11.5 Å². The van der Waals surface area contributed by atoms with E-state index >= 15 is 0 Å². The Hall–Kier alpha value is -1.62. The standard InChI is InChI=1S/C18H20ClFN3O5PS/c19-15-3-1-2-14(16(15)20)11-30-18-23-22-17(28-18)13-6-4-12(5-7-13)10-21-8-9-27-29(24,25)26/h1-7,21,24-26,29H,8-11H2. The van der Waals surface area contributed by atoms with E-state index in [0.29, 0.717) is 35.5 Å². The van der Waals surface area contributed by atoms with Gasteiger partial charge < -0.3 is 0 Å². The number of aromatic nitrogens is 2. The van der Waals surface area contributed by atoms with Gasteiger partial charge in [0.25, 0.3) is 0 Å². The zero-order chi connectivity index (χ0) is 21.6. The summed E-state index contributed by atoms with van der Waals surface area (Å²) in [6.07, 6.45) is 0. The van der Waals surface area contributed by atoms with E-state index in [1.165, 1.54) is 17.8 Å². The van der Waals surface area contributed by atoms with Gasteiger partial charge >= 0.3 is 114 Å². The third kappa shape index (κ3) is 6.97. The van der Waals surface area contributed by atoms with Gasteiger partial charge in [-0.05, 0) is 11.6 Å². The van der Waals surface area contributed by atoms with E-state index < -0.39 is 14.0 Å². The summed E-state index contributed by atoms with van der Waals surface area (Å²) in [7, 11) is -4.45. The van der Waals surface area contributed by atoms with Crippen LogP contribution in [0.2, 0.25) is 5.02 Å². The van der Waals surface area contributed by atoms with Crippen LogP contribution in [0.4, 0.5) is 4.39 Å². The molecule has 12 heteroatoms. The number of nitrogens with zero attached hydrogens (tertiary/aromatic N) is 2. The molecular formula is C18H20ClFN3O5PS. The Balaban J connectivity index is 1.50. The van der Waals surface area contributed by atoms with Crippen molar-refractivity contribution >= 4 is 31.5 Å². The van der Waals surface area contributed by atoms with Crippen LogP contribution < -0.4 is 5.32 Å². The molecule has 0 aliphatic heterocycles. The summed E-state index contributed by atoms with van der Waals surface area (Å²) in [6.45, 7) is 0.849. The fourth-order valence-electron chi connectivity index (χ4n) is 2.44. The molecule has 162 valence electrons. The summed E-state index contributed by atoms with van der Waals surface area (Å²) in [5.41, 5.74) is 2.18. The molecule has 0 aliphatic carbocycles. The second-order valence-corrected chi connectivity index (χ2v) is 8.94. The van der Waals surface area contributed by atoms with Crippen LogP contribution in [0, 0.1) is 5.82 Å². The van der Waals surface area contributed by atoms with E-state index in [4.69, 9.17) is 30.7 Å². The predicted octanol–water partition coefficient (Wildman–Crippen LogP) is 3.31. The summed E-state index contributed by atoms with van der Waals surface area (Å²) in [4.78, 5) is 26.2.